The van der Waals surface area contributed by atoms with Crippen molar-refractivity contribution in [2.45, 2.75) is 26.1 Å². The van der Waals surface area contributed by atoms with E-state index in [1.54, 1.807) is 6.92 Å². The molecule has 2 aromatic heterocycles. The summed E-state index contributed by atoms with van der Waals surface area (Å²) >= 11 is 0. The molecule has 3 rings (SSSR count). The summed E-state index contributed by atoms with van der Waals surface area (Å²) in [6, 6.07) is 3.63. The second-order valence-corrected chi connectivity index (χ2v) is 5.10. The van der Waals surface area contributed by atoms with E-state index in [2.05, 4.69) is 15.0 Å². The quantitative estimate of drug-likeness (QED) is 0.681. The largest absolute Gasteiger partial charge is 0.451 e. The number of hydrogen-bond acceptors (Lipinski definition) is 3. The second-order valence-electron chi connectivity index (χ2n) is 5.10. The zero-order chi connectivity index (χ0) is 17.5. The molecule has 0 N–H and O–H groups in total. The minimum atomic E-state index is -4.71. The molecule has 0 bridgehead atoms. The van der Waals surface area contributed by atoms with Crippen LogP contribution in [0.25, 0.3) is 11.2 Å². The fourth-order valence-electron chi connectivity index (χ4n) is 2.35. The van der Waals surface area contributed by atoms with Gasteiger partial charge in [-0.15, -0.1) is 0 Å². The number of benzene rings is 1. The van der Waals surface area contributed by atoms with Gasteiger partial charge in [0.2, 0.25) is 5.82 Å². The first-order valence-electron chi connectivity index (χ1n) is 7.03. The molecule has 0 aliphatic carbocycles. The molecule has 0 aliphatic heterocycles. The van der Waals surface area contributed by atoms with Crippen molar-refractivity contribution in [1.82, 2.24) is 19.5 Å². The zero-order valence-corrected chi connectivity index (χ0v) is 12.4. The van der Waals surface area contributed by atoms with E-state index >= 15 is 0 Å². The van der Waals surface area contributed by atoms with Gasteiger partial charge in [-0.1, -0.05) is 19.1 Å². The van der Waals surface area contributed by atoms with Crippen LogP contribution in [-0.2, 0) is 19.1 Å². The standard InChI is InChI=1S/C15H11F5N4/c1-2-10-12-13(23-14(22-10)15(18,19)20)24(7-21-12)6-8-4-3-5-9(16)11(8)17/h3-5,7H,2,6H2,1H3. The predicted molar refractivity (Wildman–Crippen MR) is 75.2 cm³/mol. The molecule has 0 amide bonds. The summed E-state index contributed by atoms with van der Waals surface area (Å²) in [5.74, 6) is -3.37. The van der Waals surface area contributed by atoms with Crippen LogP contribution in [0.3, 0.4) is 0 Å². The van der Waals surface area contributed by atoms with Crippen molar-refractivity contribution in [3.8, 4) is 0 Å². The average molecular weight is 342 g/mol. The lowest BCUT2D eigenvalue weighted by atomic mass is 10.2. The topological polar surface area (TPSA) is 43.6 Å². The van der Waals surface area contributed by atoms with Gasteiger partial charge in [-0.05, 0) is 12.5 Å². The van der Waals surface area contributed by atoms with E-state index in [9.17, 15) is 22.0 Å². The van der Waals surface area contributed by atoms with Crippen molar-refractivity contribution in [3.05, 3.63) is 53.2 Å². The van der Waals surface area contributed by atoms with Crippen LogP contribution < -0.4 is 0 Å². The number of aromatic nitrogens is 4. The zero-order valence-electron chi connectivity index (χ0n) is 12.4. The summed E-state index contributed by atoms with van der Waals surface area (Å²) in [4.78, 5) is 11.0. The highest BCUT2D eigenvalue weighted by Gasteiger charge is 2.36. The number of rotatable bonds is 3. The molecule has 3 aromatic rings. The van der Waals surface area contributed by atoms with Crippen molar-refractivity contribution in [3.63, 3.8) is 0 Å². The highest BCUT2D eigenvalue weighted by Crippen LogP contribution is 2.28. The van der Waals surface area contributed by atoms with Crippen LogP contribution in [0.1, 0.15) is 24.0 Å². The molecule has 0 saturated carbocycles. The van der Waals surface area contributed by atoms with Crippen molar-refractivity contribution < 1.29 is 22.0 Å². The van der Waals surface area contributed by atoms with Crippen LogP contribution in [0.2, 0.25) is 0 Å². The molecule has 0 unspecified atom stereocenters. The summed E-state index contributed by atoms with van der Waals surface area (Å²) in [5, 5.41) is 0. The molecule has 0 aliphatic rings. The minimum Gasteiger partial charge on any atom is -0.311 e. The van der Waals surface area contributed by atoms with Gasteiger partial charge in [-0.3, -0.25) is 0 Å². The fourth-order valence-corrected chi connectivity index (χ4v) is 2.35. The maximum atomic E-state index is 13.8. The van der Waals surface area contributed by atoms with E-state index < -0.39 is 23.6 Å². The lowest BCUT2D eigenvalue weighted by molar-refractivity contribution is -0.144. The molecule has 0 fully saturated rings. The minimum absolute atomic E-state index is 0.0143. The van der Waals surface area contributed by atoms with Crippen molar-refractivity contribution in [2.75, 3.05) is 0 Å². The van der Waals surface area contributed by atoms with Gasteiger partial charge in [0.15, 0.2) is 17.3 Å². The Hall–Kier alpha value is -2.58. The first kappa shape index (κ1) is 16.3. The fraction of sp³-hybridized carbons (Fsp3) is 0.267. The van der Waals surface area contributed by atoms with E-state index in [1.807, 2.05) is 0 Å². The van der Waals surface area contributed by atoms with Crippen LogP contribution in [0.5, 0.6) is 0 Å². The summed E-state index contributed by atoms with van der Waals surface area (Å²) in [7, 11) is 0. The Balaban J connectivity index is 2.14. The van der Waals surface area contributed by atoms with Gasteiger partial charge in [0.05, 0.1) is 18.6 Å². The number of imidazole rings is 1. The predicted octanol–water partition coefficient (Wildman–Crippen LogP) is 3.73. The van der Waals surface area contributed by atoms with Crippen molar-refractivity contribution >= 4 is 11.2 Å². The number of hydrogen-bond donors (Lipinski definition) is 0. The lowest BCUT2D eigenvalue weighted by Crippen LogP contribution is -2.14. The maximum Gasteiger partial charge on any atom is 0.451 e. The molecular weight excluding hydrogens is 331 g/mol. The monoisotopic (exact) mass is 342 g/mol. The number of fused-ring (bicyclic) bond motifs is 1. The second kappa shape index (κ2) is 5.81. The molecule has 0 radical (unpaired) electrons. The Morgan fingerprint density at radius 2 is 1.88 bits per heavy atom. The van der Waals surface area contributed by atoms with Gasteiger partial charge in [0.1, 0.15) is 5.52 Å². The van der Waals surface area contributed by atoms with Crippen LogP contribution >= 0.6 is 0 Å². The van der Waals surface area contributed by atoms with Gasteiger partial charge in [0.25, 0.3) is 0 Å². The van der Waals surface area contributed by atoms with E-state index in [1.165, 1.54) is 23.0 Å². The number of alkyl halides is 3. The Morgan fingerprint density at radius 1 is 1.12 bits per heavy atom. The molecule has 9 heteroatoms. The van der Waals surface area contributed by atoms with Gasteiger partial charge < -0.3 is 4.57 Å². The Kier molecular flexibility index (Phi) is 3.94. The summed E-state index contributed by atoms with van der Waals surface area (Å²) < 4.78 is 67.2. The molecule has 1 aromatic carbocycles. The summed E-state index contributed by atoms with van der Waals surface area (Å²) in [6.07, 6.45) is -3.24. The third kappa shape index (κ3) is 2.81. The number of nitrogens with zero attached hydrogens (tertiary/aromatic N) is 4. The Morgan fingerprint density at radius 3 is 2.54 bits per heavy atom. The van der Waals surface area contributed by atoms with E-state index in [-0.39, 0.29) is 35.4 Å². The summed E-state index contributed by atoms with van der Waals surface area (Å²) in [5.41, 5.74) is 0.269. The molecule has 24 heavy (non-hydrogen) atoms. The third-order valence-electron chi connectivity index (χ3n) is 3.50. The molecule has 4 nitrogen and oxygen atoms in total. The van der Waals surface area contributed by atoms with E-state index in [4.69, 9.17) is 0 Å². The maximum absolute atomic E-state index is 13.8. The van der Waals surface area contributed by atoms with Crippen molar-refractivity contribution in [2.24, 2.45) is 0 Å². The van der Waals surface area contributed by atoms with Gasteiger partial charge >= 0.3 is 6.18 Å². The highest BCUT2D eigenvalue weighted by atomic mass is 19.4. The molecule has 0 spiro atoms. The lowest BCUT2D eigenvalue weighted by Gasteiger charge is -2.09. The van der Waals surface area contributed by atoms with Gasteiger partial charge in [-0.25, -0.2) is 23.7 Å². The molecule has 126 valence electrons. The van der Waals surface area contributed by atoms with E-state index in [0.717, 1.165) is 6.07 Å². The third-order valence-corrected chi connectivity index (χ3v) is 3.50. The Labute approximate surface area is 133 Å². The molecular formula is C15H11F5N4. The SMILES string of the molecule is CCc1nc(C(F)(F)F)nc2c1ncn2Cc1cccc(F)c1F. The first-order chi connectivity index (χ1) is 11.3. The Bertz CT molecular complexity index is 901. The van der Waals surface area contributed by atoms with Gasteiger partial charge in [0, 0.05) is 5.56 Å². The highest BCUT2D eigenvalue weighted by molar-refractivity contribution is 5.73. The van der Waals surface area contributed by atoms with Crippen LogP contribution in [0.15, 0.2) is 24.5 Å². The van der Waals surface area contributed by atoms with E-state index in [0.29, 0.717) is 0 Å². The molecule has 2 heterocycles. The first-order valence-corrected chi connectivity index (χ1v) is 7.03. The van der Waals surface area contributed by atoms with Gasteiger partial charge in [-0.2, -0.15) is 13.2 Å². The normalized spacial score (nSPS) is 12.1. The van der Waals surface area contributed by atoms with Crippen molar-refractivity contribution in [1.29, 1.82) is 0 Å². The number of aryl methyl sites for hydroxylation is 1. The van der Waals surface area contributed by atoms with Crippen LogP contribution in [0, 0.1) is 11.6 Å². The van der Waals surface area contributed by atoms with Crippen LogP contribution in [0.4, 0.5) is 22.0 Å². The average Bonchev–Trinajstić information content (AvgIpc) is 2.93. The van der Waals surface area contributed by atoms with Crippen LogP contribution in [-0.4, -0.2) is 19.5 Å². The number of halogens is 5. The smallest absolute Gasteiger partial charge is 0.311 e. The molecule has 0 saturated heterocycles. The summed E-state index contributed by atoms with van der Waals surface area (Å²) in [6.45, 7) is 1.45. The molecule has 0 atom stereocenters.